The van der Waals surface area contributed by atoms with E-state index in [0.29, 0.717) is 6.42 Å². The molecule has 5 nitrogen and oxygen atoms in total. The van der Waals surface area contributed by atoms with Crippen LogP contribution in [0.25, 0.3) is 11.1 Å². The van der Waals surface area contributed by atoms with Crippen molar-refractivity contribution in [1.29, 1.82) is 0 Å². The summed E-state index contributed by atoms with van der Waals surface area (Å²) in [6.45, 7) is 2.85. The lowest BCUT2D eigenvalue weighted by Crippen LogP contribution is -2.17. The SMILES string of the molecule is COc1cc(Cc2nc3n(n2)CCCC3c2ccc(F)cc2)ccc1-c1ccnc(C)c1. The summed E-state index contributed by atoms with van der Waals surface area (Å²) in [4.78, 5) is 9.16. The number of aryl methyl sites for hydroxylation is 2. The van der Waals surface area contributed by atoms with Crippen molar-refractivity contribution in [3.8, 4) is 16.9 Å². The van der Waals surface area contributed by atoms with Crippen molar-refractivity contribution in [1.82, 2.24) is 19.7 Å². The number of benzene rings is 2. The minimum atomic E-state index is -0.217. The van der Waals surface area contributed by atoms with Crippen LogP contribution < -0.4 is 4.74 Å². The van der Waals surface area contributed by atoms with E-state index in [1.165, 1.54) is 12.1 Å². The minimum Gasteiger partial charge on any atom is -0.496 e. The molecule has 4 aromatic rings. The zero-order valence-electron chi connectivity index (χ0n) is 18.3. The number of aromatic nitrogens is 4. The van der Waals surface area contributed by atoms with Crippen LogP contribution in [0.5, 0.6) is 5.75 Å². The molecule has 1 aliphatic rings. The highest BCUT2D eigenvalue weighted by Gasteiger charge is 2.26. The molecule has 0 radical (unpaired) electrons. The van der Waals surface area contributed by atoms with E-state index in [0.717, 1.165) is 64.7 Å². The van der Waals surface area contributed by atoms with Crippen molar-refractivity contribution < 1.29 is 9.13 Å². The molecule has 0 N–H and O–H groups in total. The molecular formula is C26H25FN4O. The Morgan fingerprint density at radius 3 is 2.72 bits per heavy atom. The maximum atomic E-state index is 13.4. The van der Waals surface area contributed by atoms with Crippen LogP contribution in [0.4, 0.5) is 4.39 Å². The van der Waals surface area contributed by atoms with Gasteiger partial charge in [-0.15, -0.1) is 0 Å². The van der Waals surface area contributed by atoms with Gasteiger partial charge in [-0.1, -0.05) is 24.3 Å². The Morgan fingerprint density at radius 2 is 1.94 bits per heavy atom. The van der Waals surface area contributed by atoms with E-state index in [2.05, 4.69) is 29.2 Å². The zero-order chi connectivity index (χ0) is 22.1. The van der Waals surface area contributed by atoms with Gasteiger partial charge in [0.15, 0.2) is 5.82 Å². The Bertz CT molecular complexity index is 1250. The molecule has 0 saturated carbocycles. The van der Waals surface area contributed by atoms with Gasteiger partial charge in [0.1, 0.15) is 17.4 Å². The number of hydrogen-bond acceptors (Lipinski definition) is 4. The third kappa shape index (κ3) is 4.00. The first-order valence-electron chi connectivity index (χ1n) is 10.9. The van der Waals surface area contributed by atoms with Crippen molar-refractivity contribution in [2.24, 2.45) is 0 Å². The normalized spacial score (nSPS) is 15.4. The molecule has 2 aromatic heterocycles. The second-order valence-electron chi connectivity index (χ2n) is 8.25. The van der Waals surface area contributed by atoms with E-state index >= 15 is 0 Å². The third-order valence-corrected chi connectivity index (χ3v) is 6.03. The summed E-state index contributed by atoms with van der Waals surface area (Å²) in [5.41, 5.74) is 5.27. The molecule has 0 aliphatic carbocycles. The van der Waals surface area contributed by atoms with Gasteiger partial charge in [0.05, 0.1) is 7.11 Å². The molecule has 0 fully saturated rings. The fourth-order valence-electron chi connectivity index (χ4n) is 4.46. The number of pyridine rings is 1. The lowest BCUT2D eigenvalue weighted by Gasteiger charge is -2.22. The molecule has 0 amide bonds. The third-order valence-electron chi connectivity index (χ3n) is 6.03. The van der Waals surface area contributed by atoms with Gasteiger partial charge in [-0.05, 0) is 66.8 Å². The fourth-order valence-corrected chi connectivity index (χ4v) is 4.46. The highest BCUT2D eigenvalue weighted by Crippen LogP contribution is 2.34. The first-order chi connectivity index (χ1) is 15.6. The molecule has 162 valence electrons. The predicted octanol–water partition coefficient (Wildman–Crippen LogP) is 5.31. The number of fused-ring (bicyclic) bond motifs is 1. The van der Waals surface area contributed by atoms with E-state index in [1.807, 2.05) is 36.0 Å². The monoisotopic (exact) mass is 428 g/mol. The van der Waals surface area contributed by atoms with E-state index in [4.69, 9.17) is 14.8 Å². The van der Waals surface area contributed by atoms with Crippen molar-refractivity contribution in [3.63, 3.8) is 0 Å². The molecular weight excluding hydrogens is 403 g/mol. The van der Waals surface area contributed by atoms with Crippen molar-refractivity contribution in [2.45, 2.75) is 38.6 Å². The van der Waals surface area contributed by atoms with Crippen LogP contribution in [0.3, 0.4) is 0 Å². The number of methoxy groups -OCH3 is 1. The van der Waals surface area contributed by atoms with Crippen LogP contribution in [0.1, 0.15) is 47.2 Å². The van der Waals surface area contributed by atoms with Crippen molar-refractivity contribution in [3.05, 3.63) is 95.1 Å². The summed E-state index contributed by atoms with van der Waals surface area (Å²) in [6, 6.07) is 17.0. The van der Waals surface area contributed by atoms with E-state index in [-0.39, 0.29) is 11.7 Å². The van der Waals surface area contributed by atoms with Gasteiger partial charge < -0.3 is 4.74 Å². The average Bonchev–Trinajstić information content (AvgIpc) is 3.22. The summed E-state index contributed by atoms with van der Waals surface area (Å²) in [7, 11) is 1.69. The molecule has 0 bridgehead atoms. The Kier molecular flexibility index (Phi) is 5.43. The topological polar surface area (TPSA) is 52.8 Å². The van der Waals surface area contributed by atoms with Crippen LogP contribution in [-0.4, -0.2) is 26.9 Å². The lowest BCUT2D eigenvalue weighted by molar-refractivity contribution is 0.416. The standard InChI is InChI=1S/C26H25FN4O/c1-17-14-20(11-12-28-17)22-10-5-18(15-24(22)32-2)16-25-29-26-23(4-3-13-31(26)30-25)19-6-8-21(27)9-7-19/h5-12,14-15,23H,3-4,13,16H2,1-2H3. The number of hydrogen-bond donors (Lipinski definition) is 0. The van der Waals surface area contributed by atoms with Crippen LogP contribution in [-0.2, 0) is 13.0 Å². The van der Waals surface area contributed by atoms with Gasteiger partial charge in [-0.25, -0.2) is 14.1 Å². The molecule has 2 aromatic carbocycles. The van der Waals surface area contributed by atoms with Crippen LogP contribution in [0.2, 0.25) is 0 Å². The Hall–Kier alpha value is -3.54. The van der Waals surface area contributed by atoms with Crippen LogP contribution in [0.15, 0.2) is 60.8 Å². The molecule has 32 heavy (non-hydrogen) atoms. The largest absolute Gasteiger partial charge is 0.496 e. The van der Waals surface area contributed by atoms with Gasteiger partial charge in [0, 0.05) is 36.3 Å². The molecule has 3 heterocycles. The molecule has 1 atom stereocenters. The summed E-state index contributed by atoms with van der Waals surface area (Å²) in [6.07, 6.45) is 4.47. The fraction of sp³-hybridized carbons (Fsp3) is 0.269. The lowest BCUT2D eigenvalue weighted by atomic mass is 9.91. The Morgan fingerprint density at radius 1 is 1.09 bits per heavy atom. The second-order valence-corrected chi connectivity index (χ2v) is 8.25. The summed E-state index contributed by atoms with van der Waals surface area (Å²) in [5, 5.41) is 4.77. The van der Waals surface area contributed by atoms with Gasteiger partial charge in [0.2, 0.25) is 0 Å². The van der Waals surface area contributed by atoms with Gasteiger partial charge in [-0.2, -0.15) is 5.10 Å². The highest BCUT2D eigenvalue weighted by atomic mass is 19.1. The first-order valence-corrected chi connectivity index (χ1v) is 10.9. The Labute approximate surface area is 186 Å². The molecule has 0 saturated heterocycles. The molecule has 0 spiro atoms. The van der Waals surface area contributed by atoms with E-state index in [9.17, 15) is 4.39 Å². The quantitative estimate of drug-likeness (QED) is 0.432. The number of nitrogens with zero attached hydrogens (tertiary/aromatic N) is 4. The Balaban J connectivity index is 1.42. The van der Waals surface area contributed by atoms with E-state index < -0.39 is 0 Å². The molecule has 1 unspecified atom stereocenters. The van der Waals surface area contributed by atoms with Crippen molar-refractivity contribution in [2.75, 3.05) is 7.11 Å². The zero-order valence-corrected chi connectivity index (χ0v) is 18.3. The van der Waals surface area contributed by atoms with Gasteiger partial charge in [-0.3, -0.25) is 4.98 Å². The highest BCUT2D eigenvalue weighted by molar-refractivity contribution is 5.71. The van der Waals surface area contributed by atoms with Gasteiger partial charge >= 0.3 is 0 Å². The van der Waals surface area contributed by atoms with Crippen LogP contribution >= 0.6 is 0 Å². The molecule has 1 aliphatic heterocycles. The first kappa shape index (κ1) is 20.4. The average molecular weight is 429 g/mol. The summed E-state index contributed by atoms with van der Waals surface area (Å²) < 4.78 is 21.1. The van der Waals surface area contributed by atoms with E-state index in [1.54, 1.807) is 7.11 Å². The summed E-state index contributed by atoms with van der Waals surface area (Å²) >= 11 is 0. The molecule has 5 rings (SSSR count). The molecule has 6 heteroatoms. The number of ether oxygens (including phenoxy) is 1. The smallest absolute Gasteiger partial charge is 0.155 e. The second kappa shape index (κ2) is 8.54. The van der Waals surface area contributed by atoms with Gasteiger partial charge in [0.25, 0.3) is 0 Å². The maximum absolute atomic E-state index is 13.4. The van der Waals surface area contributed by atoms with Crippen molar-refractivity contribution >= 4 is 0 Å². The number of halogens is 1. The van der Waals surface area contributed by atoms with Crippen LogP contribution in [0, 0.1) is 12.7 Å². The predicted molar refractivity (Wildman–Crippen MR) is 121 cm³/mol. The summed E-state index contributed by atoms with van der Waals surface area (Å²) in [5.74, 6) is 2.52. The minimum absolute atomic E-state index is 0.150. The number of rotatable bonds is 5. The maximum Gasteiger partial charge on any atom is 0.155 e.